The van der Waals surface area contributed by atoms with E-state index in [-0.39, 0.29) is 28.5 Å². The van der Waals surface area contributed by atoms with Crippen molar-refractivity contribution in [2.45, 2.75) is 18.2 Å². The first kappa shape index (κ1) is 19.7. The number of esters is 1. The molecule has 9 heteroatoms. The molecule has 148 valence electrons. The summed E-state index contributed by atoms with van der Waals surface area (Å²) in [6.07, 6.45) is 0.718. The molecule has 28 heavy (non-hydrogen) atoms. The molecule has 1 N–H and O–H groups in total. The lowest BCUT2D eigenvalue weighted by molar-refractivity contribution is -0.120. The minimum Gasteiger partial charge on any atom is -0.490 e. The van der Waals surface area contributed by atoms with Crippen LogP contribution in [-0.2, 0) is 19.6 Å². The van der Waals surface area contributed by atoms with E-state index in [1.54, 1.807) is 6.07 Å². The molecule has 0 aromatic heterocycles. The highest BCUT2D eigenvalue weighted by Crippen LogP contribution is 2.32. The molecule has 0 amide bonds. The molecule has 3 rings (SSSR count). The van der Waals surface area contributed by atoms with Crippen LogP contribution < -0.4 is 14.2 Å². The van der Waals surface area contributed by atoms with Gasteiger partial charge in [-0.2, -0.15) is 0 Å². The summed E-state index contributed by atoms with van der Waals surface area (Å²) in [5, 5.41) is 0. The molecule has 0 fully saturated rings. The summed E-state index contributed by atoms with van der Waals surface area (Å²) in [7, 11) is -3.86. The van der Waals surface area contributed by atoms with Gasteiger partial charge in [-0.1, -0.05) is 0 Å². The number of sulfonamides is 1. The van der Waals surface area contributed by atoms with E-state index in [1.165, 1.54) is 43.3 Å². The Morgan fingerprint density at radius 2 is 1.71 bits per heavy atom. The van der Waals surface area contributed by atoms with Gasteiger partial charge in [0, 0.05) is 18.2 Å². The Balaban J connectivity index is 1.73. The topological polar surface area (TPSA) is 108 Å². The maximum atomic E-state index is 12.6. The lowest BCUT2D eigenvalue weighted by Gasteiger charge is -2.12. The number of rotatable bonds is 6. The molecule has 0 radical (unpaired) electrons. The fourth-order valence-electron chi connectivity index (χ4n) is 2.45. The van der Waals surface area contributed by atoms with E-state index in [0.29, 0.717) is 24.7 Å². The maximum absolute atomic E-state index is 12.6. The van der Waals surface area contributed by atoms with Crippen LogP contribution in [0.3, 0.4) is 0 Å². The highest BCUT2D eigenvalue weighted by molar-refractivity contribution is 7.92. The van der Waals surface area contributed by atoms with E-state index in [0.717, 1.165) is 6.42 Å². The molecule has 1 aliphatic heterocycles. The van der Waals surface area contributed by atoms with Gasteiger partial charge < -0.3 is 14.2 Å². The van der Waals surface area contributed by atoms with Crippen LogP contribution in [-0.4, -0.2) is 40.0 Å². The summed E-state index contributed by atoms with van der Waals surface area (Å²) in [6, 6.07) is 10.1. The number of hydrogen-bond donors (Lipinski definition) is 1. The van der Waals surface area contributed by atoms with Gasteiger partial charge in [-0.15, -0.1) is 0 Å². The average Bonchev–Trinajstić information content (AvgIpc) is 2.91. The Labute approximate surface area is 162 Å². The highest BCUT2D eigenvalue weighted by Gasteiger charge is 2.19. The summed E-state index contributed by atoms with van der Waals surface area (Å²) < 4.78 is 43.5. The van der Waals surface area contributed by atoms with Crippen LogP contribution in [0, 0.1) is 0 Å². The van der Waals surface area contributed by atoms with Crippen molar-refractivity contribution in [3.05, 3.63) is 48.0 Å². The summed E-state index contributed by atoms with van der Waals surface area (Å²) in [5.74, 6) is -0.0470. The normalized spacial score (nSPS) is 13.3. The molecule has 2 aromatic carbocycles. The maximum Gasteiger partial charge on any atom is 0.338 e. The zero-order valence-electron chi connectivity index (χ0n) is 15.1. The quantitative estimate of drug-likeness (QED) is 0.735. The fraction of sp³-hybridized carbons (Fsp3) is 0.263. The van der Waals surface area contributed by atoms with Crippen LogP contribution in [0.1, 0.15) is 23.7 Å². The Morgan fingerprint density at radius 3 is 2.39 bits per heavy atom. The zero-order chi connectivity index (χ0) is 20.1. The van der Waals surface area contributed by atoms with Crippen molar-refractivity contribution in [3.63, 3.8) is 0 Å². The van der Waals surface area contributed by atoms with Gasteiger partial charge in [-0.25, -0.2) is 13.2 Å². The first-order valence-corrected chi connectivity index (χ1v) is 10.0. The third kappa shape index (κ3) is 4.80. The predicted molar refractivity (Wildman–Crippen MR) is 100 cm³/mol. The number of ether oxygens (including phenoxy) is 3. The second-order valence-electron chi connectivity index (χ2n) is 6.12. The van der Waals surface area contributed by atoms with E-state index in [9.17, 15) is 18.0 Å². The molecule has 0 saturated carbocycles. The smallest absolute Gasteiger partial charge is 0.338 e. The van der Waals surface area contributed by atoms with E-state index in [4.69, 9.17) is 14.2 Å². The molecular weight excluding hydrogens is 386 g/mol. The summed E-state index contributed by atoms with van der Waals surface area (Å²) in [4.78, 5) is 22.7. The standard InChI is InChI=1S/C19H19NO7S/c1-13(21)12-27-19(22)14-3-5-15(6-4-14)20-28(23,24)16-7-8-17-18(11-16)26-10-2-9-25-17/h3-8,11,20H,2,9-10,12H2,1H3. The van der Waals surface area contributed by atoms with Gasteiger partial charge in [-0.05, 0) is 43.3 Å². The van der Waals surface area contributed by atoms with Gasteiger partial charge in [-0.3, -0.25) is 9.52 Å². The second kappa shape index (κ2) is 8.30. The molecule has 0 spiro atoms. The summed E-state index contributed by atoms with van der Waals surface area (Å²) in [5.41, 5.74) is 0.481. The molecule has 2 aromatic rings. The number of fused-ring (bicyclic) bond motifs is 1. The van der Waals surface area contributed by atoms with Gasteiger partial charge >= 0.3 is 5.97 Å². The van der Waals surface area contributed by atoms with Gasteiger partial charge in [0.15, 0.2) is 17.3 Å². The molecule has 1 aliphatic rings. The van der Waals surface area contributed by atoms with Crippen molar-refractivity contribution in [2.24, 2.45) is 0 Å². The fourth-order valence-corrected chi connectivity index (χ4v) is 3.52. The Bertz CT molecular complexity index is 984. The second-order valence-corrected chi connectivity index (χ2v) is 7.80. The van der Waals surface area contributed by atoms with Crippen LogP contribution in [0.4, 0.5) is 5.69 Å². The minimum atomic E-state index is -3.86. The SMILES string of the molecule is CC(=O)COC(=O)c1ccc(NS(=O)(=O)c2ccc3c(c2)OCCCO3)cc1. The van der Waals surface area contributed by atoms with Crippen molar-refractivity contribution in [1.82, 2.24) is 0 Å². The van der Waals surface area contributed by atoms with E-state index in [1.807, 2.05) is 0 Å². The highest BCUT2D eigenvalue weighted by atomic mass is 32.2. The molecule has 0 unspecified atom stereocenters. The number of benzene rings is 2. The Hall–Kier alpha value is -3.07. The molecule has 0 bridgehead atoms. The monoisotopic (exact) mass is 405 g/mol. The predicted octanol–water partition coefficient (Wildman–Crippen LogP) is 2.39. The van der Waals surface area contributed by atoms with Crippen LogP contribution in [0.5, 0.6) is 11.5 Å². The number of carbonyl (C=O) groups is 2. The number of ketones is 1. The van der Waals surface area contributed by atoms with Crippen LogP contribution >= 0.6 is 0 Å². The number of Topliss-reactive ketones (excluding diaryl/α,β-unsaturated/α-hetero) is 1. The van der Waals surface area contributed by atoms with E-state index in [2.05, 4.69) is 4.72 Å². The summed E-state index contributed by atoms with van der Waals surface area (Å²) in [6.45, 7) is 1.96. The first-order chi connectivity index (χ1) is 13.3. The number of hydrogen-bond acceptors (Lipinski definition) is 7. The van der Waals surface area contributed by atoms with Gasteiger partial charge in [0.25, 0.3) is 10.0 Å². The number of carbonyl (C=O) groups excluding carboxylic acids is 2. The molecule has 8 nitrogen and oxygen atoms in total. The van der Waals surface area contributed by atoms with Crippen LogP contribution in [0.15, 0.2) is 47.4 Å². The van der Waals surface area contributed by atoms with Crippen molar-refractivity contribution < 1.29 is 32.2 Å². The van der Waals surface area contributed by atoms with Crippen molar-refractivity contribution in [1.29, 1.82) is 0 Å². The molecular formula is C19H19NO7S. The van der Waals surface area contributed by atoms with Crippen molar-refractivity contribution >= 4 is 27.5 Å². The van der Waals surface area contributed by atoms with Crippen LogP contribution in [0.25, 0.3) is 0 Å². The lowest BCUT2D eigenvalue weighted by Crippen LogP contribution is -2.14. The molecule has 1 heterocycles. The minimum absolute atomic E-state index is 0.0293. The lowest BCUT2D eigenvalue weighted by atomic mass is 10.2. The third-order valence-corrected chi connectivity index (χ3v) is 5.19. The Kier molecular flexibility index (Phi) is 5.84. The zero-order valence-corrected chi connectivity index (χ0v) is 16.0. The van der Waals surface area contributed by atoms with Crippen molar-refractivity contribution in [2.75, 3.05) is 24.5 Å². The third-order valence-electron chi connectivity index (χ3n) is 3.81. The number of anilines is 1. The Morgan fingerprint density at radius 1 is 1.04 bits per heavy atom. The molecule has 0 atom stereocenters. The average molecular weight is 405 g/mol. The molecule has 0 saturated heterocycles. The van der Waals surface area contributed by atoms with Crippen LogP contribution in [0.2, 0.25) is 0 Å². The summed E-state index contributed by atoms with van der Waals surface area (Å²) >= 11 is 0. The van der Waals surface area contributed by atoms with Crippen molar-refractivity contribution in [3.8, 4) is 11.5 Å². The van der Waals surface area contributed by atoms with Gasteiger partial charge in [0.1, 0.15) is 6.61 Å². The van der Waals surface area contributed by atoms with Gasteiger partial charge in [0.2, 0.25) is 0 Å². The number of nitrogens with one attached hydrogen (secondary N) is 1. The van der Waals surface area contributed by atoms with E-state index >= 15 is 0 Å². The molecule has 0 aliphatic carbocycles. The first-order valence-electron chi connectivity index (χ1n) is 8.54. The van der Waals surface area contributed by atoms with E-state index < -0.39 is 16.0 Å². The van der Waals surface area contributed by atoms with Gasteiger partial charge in [0.05, 0.1) is 23.7 Å². The largest absolute Gasteiger partial charge is 0.490 e.